The smallest absolute Gasteiger partial charge is 0.154 e. The van der Waals surface area contributed by atoms with Crippen molar-refractivity contribution in [3.8, 4) is 0 Å². The molecule has 0 spiro atoms. The number of anilines is 2. The van der Waals surface area contributed by atoms with E-state index < -0.39 is 0 Å². The van der Waals surface area contributed by atoms with Gasteiger partial charge >= 0.3 is 0 Å². The van der Waals surface area contributed by atoms with E-state index >= 15 is 0 Å². The number of hydrogen-bond acceptors (Lipinski definition) is 6. The molecule has 1 N–H and O–H groups in total. The molecule has 0 aromatic carbocycles. The second-order valence-electron chi connectivity index (χ2n) is 6.67. The summed E-state index contributed by atoms with van der Waals surface area (Å²) in [6, 6.07) is 7.96. The molecule has 4 heterocycles. The molecule has 1 aliphatic rings. The average Bonchev–Trinajstić information content (AvgIpc) is 2.68. The van der Waals surface area contributed by atoms with Crippen molar-refractivity contribution in [3.05, 3.63) is 53.9 Å². The fraction of sp³-hybridized carbons (Fsp3) is 0.300. The highest BCUT2D eigenvalue weighted by atomic mass is 16.5. The zero-order valence-corrected chi connectivity index (χ0v) is 14.9. The normalized spacial score (nSPS) is 14.5. The van der Waals surface area contributed by atoms with Crippen LogP contribution >= 0.6 is 0 Å². The van der Waals surface area contributed by atoms with Crippen molar-refractivity contribution in [1.82, 2.24) is 20.2 Å². The molecule has 4 rings (SSSR count). The number of nitrogens with zero attached hydrogens (tertiary/aromatic N) is 4. The van der Waals surface area contributed by atoms with Crippen molar-refractivity contribution in [2.45, 2.75) is 26.2 Å². The van der Waals surface area contributed by atoms with Gasteiger partial charge in [0, 0.05) is 6.20 Å². The van der Waals surface area contributed by atoms with Crippen molar-refractivity contribution in [3.63, 3.8) is 0 Å². The molecule has 0 bridgehead atoms. The van der Waals surface area contributed by atoms with Crippen molar-refractivity contribution in [2.75, 3.05) is 18.5 Å². The minimum absolute atomic E-state index is 0.398. The number of ether oxygens (including phenoxy) is 1. The van der Waals surface area contributed by atoms with Crippen molar-refractivity contribution < 1.29 is 4.74 Å². The molecule has 6 heteroatoms. The SMILES string of the molecule is CC(C)c1cnnc(Nc2ccc3ncc(C4=CCOCC4)cc3n2)c1. The third kappa shape index (κ3) is 3.55. The average molecular weight is 347 g/mol. The van der Waals surface area contributed by atoms with E-state index in [1.165, 1.54) is 5.57 Å². The monoisotopic (exact) mass is 347 g/mol. The van der Waals surface area contributed by atoms with Crippen molar-refractivity contribution in [2.24, 2.45) is 0 Å². The molecular weight excluding hydrogens is 326 g/mol. The standard InChI is InChI=1S/C20H21N5O/c1-13(2)15-10-20(25-22-12-15)24-19-4-3-17-18(23-19)9-16(11-21-17)14-5-7-26-8-6-14/h3-5,9-13H,6-8H2,1-2H3,(H,23,24,25). The molecule has 0 aliphatic carbocycles. The number of rotatable bonds is 4. The van der Waals surface area contributed by atoms with Crippen LogP contribution in [0.3, 0.4) is 0 Å². The first-order valence-corrected chi connectivity index (χ1v) is 8.82. The van der Waals surface area contributed by atoms with Gasteiger partial charge in [-0.2, -0.15) is 5.10 Å². The predicted molar refractivity (Wildman–Crippen MR) is 102 cm³/mol. The summed E-state index contributed by atoms with van der Waals surface area (Å²) in [6.45, 7) is 5.68. The molecule has 3 aromatic heterocycles. The van der Waals surface area contributed by atoms with E-state index in [0.717, 1.165) is 41.0 Å². The van der Waals surface area contributed by atoms with Crippen LogP contribution in [0.4, 0.5) is 11.6 Å². The van der Waals surface area contributed by atoms with Crippen molar-refractivity contribution in [1.29, 1.82) is 0 Å². The summed E-state index contributed by atoms with van der Waals surface area (Å²) in [5, 5.41) is 11.5. The molecule has 0 fully saturated rings. The van der Waals surface area contributed by atoms with E-state index in [-0.39, 0.29) is 0 Å². The molecule has 1 aliphatic heterocycles. The van der Waals surface area contributed by atoms with Crippen LogP contribution in [0, 0.1) is 0 Å². The Morgan fingerprint density at radius 1 is 1.08 bits per heavy atom. The Hall–Kier alpha value is -2.86. The van der Waals surface area contributed by atoms with Crippen LogP contribution in [-0.2, 0) is 4.74 Å². The lowest BCUT2D eigenvalue weighted by molar-refractivity contribution is 0.161. The minimum atomic E-state index is 0.398. The van der Waals surface area contributed by atoms with Crippen molar-refractivity contribution >= 4 is 28.2 Å². The molecule has 0 radical (unpaired) electrons. The summed E-state index contributed by atoms with van der Waals surface area (Å²) in [4.78, 5) is 9.24. The maximum atomic E-state index is 5.39. The van der Waals surface area contributed by atoms with E-state index in [1.807, 2.05) is 24.4 Å². The summed E-state index contributed by atoms with van der Waals surface area (Å²) in [5.41, 5.74) is 5.23. The summed E-state index contributed by atoms with van der Waals surface area (Å²) in [5.74, 6) is 1.82. The number of pyridine rings is 2. The zero-order valence-electron chi connectivity index (χ0n) is 14.9. The van der Waals surface area contributed by atoms with Crippen LogP contribution < -0.4 is 5.32 Å². The van der Waals surface area contributed by atoms with Gasteiger partial charge in [0.05, 0.1) is 30.4 Å². The summed E-state index contributed by atoms with van der Waals surface area (Å²) in [6.07, 6.45) is 6.72. The Labute approximate surface area is 152 Å². The Morgan fingerprint density at radius 2 is 2.00 bits per heavy atom. The second-order valence-corrected chi connectivity index (χ2v) is 6.67. The topological polar surface area (TPSA) is 72.8 Å². The van der Waals surface area contributed by atoms with E-state index in [1.54, 1.807) is 6.20 Å². The van der Waals surface area contributed by atoms with Gasteiger partial charge in [0.25, 0.3) is 0 Å². The summed E-state index contributed by atoms with van der Waals surface area (Å²) in [7, 11) is 0. The molecule has 0 atom stereocenters. The highest BCUT2D eigenvalue weighted by Gasteiger charge is 2.09. The maximum absolute atomic E-state index is 5.39. The Kier molecular flexibility index (Phi) is 4.58. The molecule has 0 amide bonds. The van der Waals surface area contributed by atoms with Gasteiger partial charge in [0.1, 0.15) is 5.82 Å². The lowest BCUT2D eigenvalue weighted by Crippen LogP contribution is -2.04. The van der Waals surface area contributed by atoms with Gasteiger partial charge in [-0.3, -0.25) is 4.98 Å². The van der Waals surface area contributed by atoms with Gasteiger partial charge < -0.3 is 10.1 Å². The molecule has 132 valence electrons. The third-order valence-corrected chi connectivity index (χ3v) is 4.47. The van der Waals surface area contributed by atoms with E-state index in [2.05, 4.69) is 46.5 Å². The first-order chi connectivity index (χ1) is 12.7. The van der Waals surface area contributed by atoms with Gasteiger partial charge in [-0.1, -0.05) is 19.9 Å². The van der Waals surface area contributed by atoms with E-state index in [9.17, 15) is 0 Å². The second kappa shape index (κ2) is 7.17. The molecule has 3 aromatic rings. The molecule has 26 heavy (non-hydrogen) atoms. The third-order valence-electron chi connectivity index (χ3n) is 4.47. The number of fused-ring (bicyclic) bond motifs is 1. The largest absolute Gasteiger partial charge is 0.377 e. The molecule has 6 nitrogen and oxygen atoms in total. The highest BCUT2D eigenvalue weighted by Crippen LogP contribution is 2.24. The Bertz CT molecular complexity index is 967. The van der Waals surface area contributed by atoms with Gasteiger partial charge in [0.2, 0.25) is 0 Å². The first-order valence-electron chi connectivity index (χ1n) is 8.82. The molecule has 0 unspecified atom stereocenters. The summed E-state index contributed by atoms with van der Waals surface area (Å²) >= 11 is 0. The Morgan fingerprint density at radius 3 is 2.81 bits per heavy atom. The maximum Gasteiger partial charge on any atom is 0.154 e. The van der Waals surface area contributed by atoms with Crippen LogP contribution in [0.5, 0.6) is 0 Å². The van der Waals surface area contributed by atoms with Crippen LogP contribution in [0.25, 0.3) is 16.6 Å². The van der Waals surface area contributed by atoms with Gasteiger partial charge in [0.15, 0.2) is 5.82 Å². The lowest BCUT2D eigenvalue weighted by Gasteiger charge is -2.14. The Balaban J connectivity index is 1.64. The number of hydrogen-bond donors (Lipinski definition) is 1. The quantitative estimate of drug-likeness (QED) is 0.766. The van der Waals surface area contributed by atoms with Gasteiger partial charge in [-0.25, -0.2) is 4.98 Å². The predicted octanol–water partition coefficient (Wildman–Crippen LogP) is 4.09. The fourth-order valence-electron chi connectivity index (χ4n) is 2.93. The molecule has 0 saturated carbocycles. The summed E-state index contributed by atoms with van der Waals surface area (Å²) < 4.78 is 5.39. The van der Waals surface area contributed by atoms with Crippen LogP contribution in [0.2, 0.25) is 0 Å². The molecule has 0 saturated heterocycles. The van der Waals surface area contributed by atoms with Crippen LogP contribution in [0.1, 0.15) is 37.3 Å². The highest BCUT2D eigenvalue weighted by molar-refractivity contribution is 5.81. The lowest BCUT2D eigenvalue weighted by atomic mass is 10.0. The van der Waals surface area contributed by atoms with E-state index in [4.69, 9.17) is 9.72 Å². The number of aromatic nitrogens is 4. The molecular formula is C20H21N5O. The number of nitrogens with one attached hydrogen (secondary N) is 1. The van der Waals surface area contributed by atoms with Gasteiger partial charge in [-0.15, -0.1) is 5.10 Å². The first kappa shape index (κ1) is 16.6. The van der Waals surface area contributed by atoms with Crippen LogP contribution in [0.15, 0.2) is 42.7 Å². The van der Waals surface area contributed by atoms with E-state index in [0.29, 0.717) is 18.3 Å². The van der Waals surface area contributed by atoms with Crippen LogP contribution in [-0.4, -0.2) is 33.4 Å². The van der Waals surface area contributed by atoms with Gasteiger partial charge in [-0.05, 0) is 53.3 Å². The minimum Gasteiger partial charge on any atom is -0.377 e. The fourth-order valence-corrected chi connectivity index (χ4v) is 2.93. The zero-order chi connectivity index (χ0) is 17.9.